The molecule has 114 valence electrons. The summed E-state index contributed by atoms with van der Waals surface area (Å²) >= 11 is 0. The van der Waals surface area contributed by atoms with E-state index in [1.807, 2.05) is 0 Å². The number of aryl methyl sites for hydroxylation is 1. The smallest absolute Gasteiger partial charge is 0.328 e. The number of aromatic nitrogens is 2. The molecule has 0 fully saturated rings. The van der Waals surface area contributed by atoms with Crippen molar-refractivity contribution < 1.29 is 4.74 Å². The third kappa shape index (κ3) is 4.63. The summed E-state index contributed by atoms with van der Waals surface area (Å²) < 4.78 is 7.06. The van der Waals surface area contributed by atoms with Gasteiger partial charge in [0.2, 0.25) is 0 Å². The van der Waals surface area contributed by atoms with Gasteiger partial charge in [-0.3, -0.25) is 9.78 Å². The highest BCUT2D eigenvalue weighted by molar-refractivity contribution is 5.34. The zero-order valence-electron chi connectivity index (χ0n) is 12.1. The normalized spacial score (nSPS) is 10.1. The Balaban J connectivity index is 1.66. The Morgan fingerprint density at radius 2 is 1.86 bits per heavy atom. The Morgan fingerprint density at radius 1 is 1.09 bits per heavy atom. The molecule has 0 unspecified atom stereocenters. The minimum Gasteiger partial charge on any atom is -0.494 e. The first-order valence-electron chi connectivity index (χ1n) is 7.12. The molecular formula is C16H17N3O3. The van der Waals surface area contributed by atoms with E-state index in [0.29, 0.717) is 18.7 Å². The largest absolute Gasteiger partial charge is 0.494 e. The highest BCUT2D eigenvalue weighted by Crippen LogP contribution is 2.12. The van der Waals surface area contributed by atoms with Gasteiger partial charge in [-0.1, -0.05) is 0 Å². The van der Waals surface area contributed by atoms with Gasteiger partial charge in [0.15, 0.2) is 0 Å². The molecule has 0 atom stereocenters. The lowest BCUT2D eigenvalue weighted by Gasteiger charge is -2.07. The van der Waals surface area contributed by atoms with E-state index in [1.54, 1.807) is 24.3 Å². The lowest BCUT2D eigenvalue weighted by Crippen LogP contribution is -2.28. The third-order valence-corrected chi connectivity index (χ3v) is 3.19. The summed E-state index contributed by atoms with van der Waals surface area (Å²) in [5.74, 6) is 0.746. The molecule has 0 aliphatic carbocycles. The van der Waals surface area contributed by atoms with Crippen molar-refractivity contribution in [3.05, 3.63) is 62.9 Å². The standard InChI is InChI=1S/C16H17N3O3/c17-12-13-4-6-14(7-5-13)22-11-3-1-2-9-19-10-8-15(20)18-16(19)21/h4-8,10H,1-3,9,11H2,(H,18,20,21). The fraction of sp³-hybridized carbons (Fsp3) is 0.312. The van der Waals surface area contributed by atoms with Crippen molar-refractivity contribution in [2.24, 2.45) is 0 Å². The van der Waals surface area contributed by atoms with Crippen LogP contribution >= 0.6 is 0 Å². The van der Waals surface area contributed by atoms with Crippen LogP contribution in [0.5, 0.6) is 5.75 Å². The Hall–Kier alpha value is -2.81. The van der Waals surface area contributed by atoms with E-state index >= 15 is 0 Å². The molecule has 0 aliphatic rings. The molecule has 1 aromatic carbocycles. The zero-order valence-corrected chi connectivity index (χ0v) is 12.1. The number of nitrogens with one attached hydrogen (secondary N) is 1. The van der Waals surface area contributed by atoms with Gasteiger partial charge in [0.25, 0.3) is 5.56 Å². The van der Waals surface area contributed by atoms with Crippen LogP contribution in [0.4, 0.5) is 0 Å². The Bertz CT molecular complexity index is 754. The highest BCUT2D eigenvalue weighted by Gasteiger charge is 1.98. The van der Waals surface area contributed by atoms with Gasteiger partial charge in [-0.05, 0) is 43.5 Å². The lowest BCUT2D eigenvalue weighted by atomic mass is 10.2. The number of H-pyrrole nitrogens is 1. The molecule has 0 saturated carbocycles. The minimum atomic E-state index is -0.378. The van der Waals surface area contributed by atoms with Gasteiger partial charge in [-0.15, -0.1) is 0 Å². The number of nitrogens with zero attached hydrogens (tertiary/aromatic N) is 2. The van der Waals surface area contributed by atoms with Crippen molar-refractivity contribution in [1.29, 1.82) is 5.26 Å². The quantitative estimate of drug-likeness (QED) is 0.787. The molecule has 22 heavy (non-hydrogen) atoms. The summed E-state index contributed by atoms with van der Waals surface area (Å²) in [6.07, 6.45) is 4.14. The van der Waals surface area contributed by atoms with Crippen molar-refractivity contribution in [3.8, 4) is 11.8 Å². The average molecular weight is 299 g/mol. The van der Waals surface area contributed by atoms with Crippen LogP contribution in [-0.4, -0.2) is 16.2 Å². The molecule has 2 aromatic rings. The monoisotopic (exact) mass is 299 g/mol. The van der Waals surface area contributed by atoms with Crippen LogP contribution in [0.3, 0.4) is 0 Å². The van der Waals surface area contributed by atoms with E-state index in [9.17, 15) is 9.59 Å². The highest BCUT2D eigenvalue weighted by atomic mass is 16.5. The second-order valence-corrected chi connectivity index (χ2v) is 4.85. The molecule has 0 aliphatic heterocycles. The maximum absolute atomic E-state index is 11.5. The second kappa shape index (κ2) is 7.84. The molecule has 0 spiro atoms. The number of hydrogen-bond donors (Lipinski definition) is 1. The molecule has 0 radical (unpaired) electrons. The first kappa shape index (κ1) is 15.6. The zero-order chi connectivity index (χ0) is 15.8. The summed E-state index contributed by atoms with van der Waals surface area (Å²) in [7, 11) is 0. The van der Waals surface area contributed by atoms with Crippen molar-refractivity contribution in [1.82, 2.24) is 9.55 Å². The molecule has 2 rings (SSSR count). The minimum absolute atomic E-state index is 0.374. The molecule has 1 aromatic heterocycles. The molecule has 1 heterocycles. The van der Waals surface area contributed by atoms with Crippen molar-refractivity contribution in [2.45, 2.75) is 25.8 Å². The van der Waals surface area contributed by atoms with Gasteiger partial charge < -0.3 is 9.30 Å². The SMILES string of the molecule is N#Cc1ccc(OCCCCCn2ccc(=O)[nH]c2=O)cc1. The summed E-state index contributed by atoms with van der Waals surface area (Å²) in [5.41, 5.74) is -0.142. The average Bonchev–Trinajstić information content (AvgIpc) is 2.53. The number of nitriles is 1. The van der Waals surface area contributed by atoms with Crippen molar-refractivity contribution in [2.75, 3.05) is 6.61 Å². The van der Waals surface area contributed by atoms with Crippen LogP contribution in [0.25, 0.3) is 0 Å². The molecule has 0 amide bonds. The molecule has 0 saturated heterocycles. The molecule has 1 N–H and O–H groups in total. The van der Waals surface area contributed by atoms with E-state index in [0.717, 1.165) is 25.0 Å². The fourth-order valence-corrected chi connectivity index (χ4v) is 2.00. The maximum atomic E-state index is 11.5. The van der Waals surface area contributed by atoms with E-state index in [4.69, 9.17) is 10.00 Å². The maximum Gasteiger partial charge on any atom is 0.328 e. The second-order valence-electron chi connectivity index (χ2n) is 4.85. The fourth-order valence-electron chi connectivity index (χ4n) is 2.00. The van der Waals surface area contributed by atoms with Crippen molar-refractivity contribution in [3.63, 3.8) is 0 Å². The van der Waals surface area contributed by atoms with Gasteiger partial charge in [0.05, 0.1) is 18.2 Å². The van der Waals surface area contributed by atoms with E-state index < -0.39 is 0 Å². The van der Waals surface area contributed by atoms with Crippen LogP contribution < -0.4 is 16.0 Å². The van der Waals surface area contributed by atoms with Gasteiger partial charge >= 0.3 is 5.69 Å². The van der Waals surface area contributed by atoms with Crippen LogP contribution in [0.15, 0.2) is 46.1 Å². The summed E-state index contributed by atoms with van der Waals surface area (Å²) in [6, 6.07) is 10.4. The van der Waals surface area contributed by atoms with Gasteiger partial charge in [0, 0.05) is 18.8 Å². The van der Waals surface area contributed by atoms with Gasteiger partial charge in [-0.2, -0.15) is 5.26 Å². The first-order chi connectivity index (χ1) is 10.7. The Morgan fingerprint density at radius 3 is 2.55 bits per heavy atom. The molecule has 0 bridgehead atoms. The van der Waals surface area contributed by atoms with Crippen LogP contribution in [0, 0.1) is 11.3 Å². The molecule has 6 heteroatoms. The lowest BCUT2D eigenvalue weighted by molar-refractivity contribution is 0.303. The van der Waals surface area contributed by atoms with Crippen LogP contribution in [0.2, 0.25) is 0 Å². The summed E-state index contributed by atoms with van der Waals surface area (Å²) in [6.45, 7) is 1.17. The number of ether oxygens (including phenoxy) is 1. The molecular weight excluding hydrogens is 282 g/mol. The van der Waals surface area contributed by atoms with Crippen LogP contribution in [-0.2, 0) is 6.54 Å². The van der Waals surface area contributed by atoms with E-state index in [2.05, 4.69) is 11.1 Å². The van der Waals surface area contributed by atoms with E-state index in [-0.39, 0.29) is 11.2 Å². The van der Waals surface area contributed by atoms with E-state index in [1.165, 1.54) is 16.8 Å². The predicted molar refractivity (Wildman–Crippen MR) is 81.8 cm³/mol. The topological polar surface area (TPSA) is 87.9 Å². The number of benzene rings is 1. The summed E-state index contributed by atoms with van der Waals surface area (Å²) in [4.78, 5) is 24.6. The van der Waals surface area contributed by atoms with Gasteiger partial charge in [0.1, 0.15) is 5.75 Å². The van der Waals surface area contributed by atoms with Crippen molar-refractivity contribution >= 4 is 0 Å². The van der Waals surface area contributed by atoms with Gasteiger partial charge in [-0.25, -0.2) is 4.79 Å². The number of rotatable bonds is 7. The third-order valence-electron chi connectivity index (χ3n) is 3.19. The number of aromatic amines is 1. The van der Waals surface area contributed by atoms with Crippen LogP contribution in [0.1, 0.15) is 24.8 Å². The molecule has 6 nitrogen and oxygen atoms in total. The number of unbranched alkanes of at least 4 members (excludes halogenated alkanes) is 2. The first-order valence-corrected chi connectivity index (χ1v) is 7.12. The number of hydrogen-bond acceptors (Lipinski definition) is 4. The Labute approximate surface area is 127 Å². The summed E-state index contributed by atoms with van der Waals surface area (Å²) in [5, 5.41) is 8.70. The Kier molecular flexibility index (Phi) is 5.55. The predicted octanol–water partition coefficient (Wildman–Crippen LogP) is 1.66.